The maximum Gasteiger partial charge on any atom is 0.226 e. The maximum absolute atomic E-state index is 13.1. The maximum atomic E-state index is 13.1. The molecule has 0 radical (unpaired) electrons. The SMILES string of the molecule is CCCCCCCCCCCCCCCCCCCCCCCCN(C)C(=O)Cc1c(C)cc(C(C)(C)CC(C)(C)C)c(O)c1C. The van der Waals surface area contributed by atoms with Crippen LogP contribution >= 0.6 is 0 Å². The number of carbonyl (C=O) groups excluding carboxylic acids is 1. The molecule has 1 aromatic carbocycles. The minimum Gasteiger partial charge on any atom is -0.507 e. The van der Waals surface area contributed by atoms with Gasteiger partial charge in [-0.2, -0.15) is 0 Å². The lowest BCUT2D eigenvalue weighted by atomic mass is 9.71. The molecule has 0 unspecified atom stereocenters. The molecular formula is C43H79NO2. The third kappa shape index (κ3) is 18.7. The van der Waals surface area contributed by atoms with Crippen molar-refractivity contribution >= 4 is 5.91 Å². The van der Waals surface area contributed by atoms with Crippen LogP contribution in [0.3, 0.4) is 0 Å². The molecule has 0 aliphatic rings. The summed E-state index contributed by atoms with van der Waals surface area (Å²) in [6.45, 7) is 18.3. The lowest BCUT2D eigenvalue weighted by Crippen LogP contribution is -2.30. The van der Waals surface area contributed by atoms with E-state index in [4.69, 9.17) is 0 Å². The summed E-state index contributed by atoms with van der Waals surface area (Å²) in [5.41, 5.74) is 3.99. The summed E-state index contributed by atoms with van der Waals surface area (Å²) in [7, 11) is 1.94. The van der Waals surface area contributed by atoms with Crippen molar-refractivity contribution in [2.45, 2.75) is 215 Å². The van der Waals surface area contributed by atoms with E-state index in [1.165, 1.54) is 135 Å². The fraction of sp³-hybridized carbons (Fsp3) is 0.837. The van der Waals surface area contributed by atoms with E-state index in [1.807, 2.05) is 18.9 Å². The van der Waals surface area contributed by atoms with Gasteiger partial charge in [0.25, 0.3) is 0 Å². The molecule has 3 heteroatoms. The molecule has 1 rings (SSSR count). The first-order chi connectivity index (χ1) is 21.8. The number of aryl methyl sites for hydroxylation is 1. The highest BCUT2D eigenvalue weighted by Gasteiger charge is 2.31. The van der Waals surface area contributed by atoms with E-state index in [0.29, 0.717) is 12.2 Å². The summed E-state index contributed by atoms with van der Waals surface area (Å²) < 4.78 is 0. The molecule has 0 saturated heterocycles. The quantitative estimate of drug-likeness (QED) is 0.0971. The Morgan fingerprint density at radius 2 is 1.02 bits per heavy atom. The van der Waals surface area contributed by atoms with Gasteiger partial charge in [0.2, 0.25) is 5.91 Å². The number of hydrogen-bond donors (Lipinski definition) is 1. The van der Waals surface area contributed by atoms with E-state index in [-0.39, 0.29) is 16.7 Å². The average Bonchev–Trinajstić information content (AvgIpc) is 2.98. The van der Waals surface area contributed by atoms with E-state index in [0.717, 1.165) is 41.6 Å². The zero-order chi connectivity index (χ0) is 34.4. The number of carbonyl (C=O) groups is 1. The molecule has 268 valence electrons. The van der Waals surface area contributed by atoms with Gasteiger partial charge in [0, 0.05) is 19.2 Å². The van der Waals surface area contributed by atoms with E-state index in [9.17, 15) is 9.90 Å². The van der Waals surface area contributed by atoms with Crippen LogP contribution in [0.2, 0.25) is 0 Å². The first kappa shape index (κ1) is 42.5. The fourth-order valence-electron chi connectivity index (χ4n) is 7.59. The summed E-state index contributed by atoms with van der Waals surface area (Å²) in [6.07, 6.45) is 32.0. The van der Waals surface area contributed by atoms with Crippen molar-refractivity contribution in [1.82, 2.24) is 4.90 Å². The van der Waals surface area contributed by atoms with Crippen molar-refractivity contribution in [2.24, 2.45) is 5.41 Å². The first-order valence-electron chi connectivity index (χ1n) is 19.9. The lowest BCUT2D eigenvalue weighted by molar-refractivity contribution is -0.129. The first-order valence-corrected chi connectivity index (χ1v) is 19.9. The van der Waals surface area contributed by atoms with Gasteiger partial charge < -0.3 is 10.0 Å². The molecule has 0 heterocycles. The van der Waals surface area contributed by atoms with E-state index < -0.39 is 0 Å². The Balaban J connectivity index is 2.10. The van der Waals surface area contributed by atoms with Gasteiger partial charge in [-0.1, -0.05) is 182 Å². The summed E-state index contributed by atoms with van der Waals surface area (Å²) >= 11 is 0. The monoisotopic (exact) mass is 642 g/mol. The summed E-state index contributed by atoms with van der Waals surface area (Å²) in [6, 6.07) is 2.12. The third-order valence-corrected chi connectivity index (χ3v) is 10.2. The number of likely N-dealkylation sites (N-methyl/N-ethyl adjacent to an activating group) is 1. The van der Waals surface area contributed by atoms with Crippen LogP contribution in [0.25, 0.3) is 0 Å². The molecule has 46 heavy (non-hydrogen) atoms. The van der Waals surface area contributed by atoms with Crippen LogP contribution in [-0.2, 0) is 16.6 Å². The highest BCUT2D eigenvalue weighted by molar-refractivity contribution is 5.79. The molecule has 0 aliphatic carbocycles. The molecule has 0 bridgehead atoms. The van der Waals surface area contributed by atoms with Gasteiger partial charge in [-0.15, -0.1) is 0 Å². The summed E-state index contributed by atoms with van der Waals surface area (Å²) in [5, 5.41) is 11.2. The zero-order valence-electron chi connectivity index (χ0n) is 32.6. The number of hydrogen-bond acceptors (Lipinski definition) is 2. The van der Waals surface area contributed by atoms with Crippen molar-refractivity contribution < 1.29 is 9.90 Å². The van der Waals surface area contributed by atoms with Crippen molar-refractivity contribution in [3.8, 4) is 5.75 Å². The van der Waals surface area contributed by atoms with Crippen LogP contribution in [0.1, 0.15) is 211 Å². The lowest BCUT2D eigenvalue weighted by Gasteiger charge is -2.34. The Bertz CT molecular complexity index is 941. The van der Waals surface area contributed by atoms with Crippen LogP contribution in [-0.4, -0.2) is 29.5 Å². The molecule has 0 aliphatic heterocycles. The summed E-state index contributed by atoms with van der Waals surface area (Å²) in [4.78, 5) is 15.0. The van der Waals surface area contributed by atoms with Gasteiger partial charge >= 0.3 is 0 Å². The largest absolute Gasteiger partial charge is 0.507 e. The van der Waals surface area contributed by atoms with Gasteiger partial charge in [0.15, 0.2) is 0 Å². The molecule has 0 fully saturated rings. The molecule has 1 amide bonds. The smallest absolute Gasteiger partial charge is 0.226 e. The number of phenols is 1. The Morgan fingerprint density at radius 3 is 1.39 bits per heavy atom. The summed E-state index contributed by atoms with van der Waals surface area (Å²) in [5.74, 6) is 0.515. The van der Waals surface area contributed by atoms with Crippen LogP contribution in [0.4, 0.5) is 0 Å². The number of nitrogens with zero attached hydrogens (tertiary/aromatic N) is 1. The van der Waals surface area contributed by atoms with Crippen LogP contribution in [0.5, 0.6) is 5.75 Å². The molecule has 1 N–H and O–H groups in total. The normalized spacial score (nSPS) is 12.2. The van der Waals surface area contributed by atoms with Crippen LogP contribution < -0.4 is 0 Å². The second kappa shape index (κ2) is 23.8. The number of rotatable bonds is 27. The van der Waals surface area contributed by atoms with Crippen LogP contribution in [0, 0.1) is 19.3 Å². The molecule has 0 spiro atoms. The van der Waals surface area contributed by atoms with E-state index >= 15 is 0 Å². The molecule has 0 aromatic heterocycles. The number of phenolic OH excluding ortho intramolecular Hbond substituents is 1. The Kier molecular flexibility index (Phi) is 22.0. The topological polar surface area (TPSA) is 40.5 Å². The molecule has 1 aromatic rings. The predicted molar refractivity (Wildman–Crippen MR) is 203 cm³/mol. The van der Waals surface area contributed by atoms with Gasteiger partial charge in [0.1, 0.15) is 5.75 Å². The van der Waals surface area contributed by atoms with Crippen molar-refractivity contribution in [3.63, 3.8) is 0 Å². The van der Waals surface area contributed by atoms with Crippen molar-refractivity contribution in [3.05, 3.63) is 28.3 Å². The van der Waals surface area contributed by atoms with Gasteiger partial charge in [0.05, 0.1) is 6.42 Å². The Labute approximate surface area is 288 Å². The number of amides is 1. The second-order valence-corrected chi connectivity index (χ2v) is 16.7. The number of unbranched alkanes of at least 4 members (excludes halogenated alkanes) is 21. The van der Waals surface area contributed by atoms with Gasteiger partial charge in [-0.3, -0.25) is 4.79 Å². The number of benzene rings is 1. The second-order valence-electron chi connectivity index (χ2n) is 16.7. The van der Waals surface area contributed by atoms with E-state index in [2.05, 4.69) is 54.5 Å². The predicted octanol–water partition coefficient (Wildman–Crippen LogP) is 13.3. The van der Waals surface area contributed by atoms with Crippen molar-refractivity contribution in [2.75, 3.05) is 13.6 Å². The van der Waals surface area contributed by atoms with Gasteiger partial charge in [-0.05, 0) is 54.2 Å². The molecule has 0 atom stereocenters. The fourth-order valence-corrected chi connectivity index (χ4v) is 7.59. The Hall–Kier alpha value is -1.51. The Morgan fingerprint density at radius 1 is 0.652 bits per heavy atom. The highest BCUT2D eigenvalue weighted by Crippen LogP contribution is 2.42. The minimum atomic E-state index is -0.136. The van der Waals surface area contributed by atoms with E-state index in [1.54, 1.807) is 0 Å². The van der Waals surface area contributed by atoms with Gasteiger partial charge in [-0.25, -0.2) is 0 Å². The van der Waals surface area contributed by atoms with Crippen LogP contribution in [0.15, 0.2) is 6.07 Å². The van der Waals surface area contributed by atoms with Crippen molar-refractivity contribution in [1.29, 1.82) is 0 Å². The minimum absolute atomic E-state index is 0.136. The average molecular weight is 642 g/mol. The highest BCUT2D eigenvalue weighted by atomic mass is 16.3. The molecular weight excluding hydrogens is 562 g/mol. The third-order valence-electron chi connectivity index (χ3n) is 10.2. The molecule has 0 saturated carbocycles. The number of aromatic hydroxyl groups is 1. The molecule has 3 nitrogen and oxygen atoms in total. The zero-order valence-corrected chi connectivity index (χ0v) is 32.6. The standard InChI is InChI=1S/C43H79NO2/c1-10-11-12-13-14-15-16-17-18-19-20-21-22-23-24-25-26-27-28-29-30-31-32-44(9)40(45)34-38-36(2)33-39(41(46)37(38)3)43(7,8)35-42(4,5)6/h33,46H,10-32,34-35H2,1-9H3.